The van der Waals surface area contributed by atoms with Gasteiger partial charge in [-0.2, -0.15) is 0 Å². The van der Waals surface area contributed by atoms with Gasteiger partial charge in [-0.25, -0.2) is 4.79 Å². The molecule has 3 heteroatoms. The van der Waals surface area contributed by atoms with Gasteiger partial charge in [0, 0.05) is 11.6 Å². The van der Waals surface area contributed by atoms with E-state index in [4.69, 9.17) is 5.11 Å². The van der Waals surface area contributed by atoms with Crippen LogP contribution < -0.4 is 0 Å². The first-order valence-corrected chi connectivity index (χ1v) is 13.7. The minimum Gasteiger partial charge on any atom is -0.478 e. The molecule has 0 saturated heterocycles. The number of carboxylic acid groups (broad SMARTS) is 1. The van der Waals surface area contributed by atoms with Crippen molar-refractivity contribution >= 4 is 5.97 Å². The largest absolute Gasteiger partial charge is 0.478 e. The van der Waals surface area contributed by atoms with Gasteiger partial charge in [0.15, 0.2) is 0 Å². The summed E-state index contributed by atoms with van der Waals surface area (Å²) in [5, 5.41) is 9.13. The summed E-state index contributed by atoms with van der Waals surface area (Å²) in [5.41, 5.74) is 0.488. The van der Waals surface area contributed by atoms with E-state index in [0.29, 0.717) is 11.6 Å². The van der Waals surface area contributed by atoms with E-state index < -0.39 is 5.97 Å². The Labute approximate surface area is 195 Å². The van der Waals surface area contributed by atoms with Gasteiger partial charge in [0.25, 0.3) is 0 Å². The van der Waals surface area contributed by atoms with E-state index in [0.717, 1.165) is 12.8 Å². The van der Waals surface area contributed by atoms with Crippen molar-refractivity contribution < 1.29 is 9.90 Å². The quantitative estimate of drug-likeness (QED) is 0.128. The number of rotatable bonds is 23. The molecule has 0 rings (SSSR count). The topological polar surface area (TPSA) is 40.5 Å². The highest BCUT2D eigenvalue weighted by Crippen LogP contribution is 2.19. The summed E-state index contributed by atoms with van der Waals surface area (Å²) in [6, 6.07) is 0.606. The fourth-order valence-electron chi connectivity index (χ4n) is 4.33. The molecular formula is C28H55NO2. The first kappa shape index (κ1) is 30.2. The molecule has 31 heavy (non-hydrogen) atoms. The standard InChI is InChI=1S/C28H55NO2/c1-5-8-11-12-13-14-15-16-17-18-19-22-27(23-20-21-26(4)28(30)31)29(24-9-6-2)25-10-7-3/h21,27H,5-20,22-25H2,1-4H3,(H,30,31). The van der Waals surface area contributed by atoms with Gasteiger partial charge in [-0.05, 0) is 52.1 Å². The lowest BCUT2D eigenvalue weighted by molar-refractivity contribution is -0.132. The Bertz CT molecular complexity index is 425. The maximum Gasteiger partial charge on any atom is 0.330 e. The van der Waals surface area contributed by atoms with Crippen LogP contribution in [0.15, 0.2) is 11.6 Å². The first-order valence-electron chi connectivity index (χ1n) is 13.7. The zero-order chi connectivity index (χ0) is 23.2. The van der Waals surface area contributed by atoms with Crippen LogP contribution in [0.2, 0.25) is 0 Å². The Kier molecular flexibility index (Phi) is 21.8. The number of nitrogens with zero attached hydrogens (tertiary/aromatic N) is 1. The predicted molar refractivity (Wildman–Crippen MR) is 137 cm³/mol. The fraction of sp³-hybridized carbons (Fsp3) is 0.893. The first-order chi connectivity index (χ1) is 15.1. The average Bonchev–Trinajstić information content (AvgIpc) is 2.76. The van der Waals surface area contributed by atoms with E-state index >= 15 is 0 Å². The molecule has 0 amide bonds. The van der Waals surface area contributed by atoms with Crippen molar-refractivity contribution in [3.8, 4) is 0 Å². The number of carbonyl (C=O) groups is 1. The highest BCUT2D eigenvalue weighted by Gasteiger charge is 2.17. The number of hydrogen-bond donors (Lipinski definition) is 1. The summed E-state index contributed by atoms with van der Waals surface area (Å²) >= 11 is 0. The Morgan fingerprint density at radius 1 is 0.710 bits per heavy atom. The molecule has 0 spiro atoms. The van der Waals surface area contributed by atoms with Crippen molar-refractivity contribution in [3.63, 3.8) is 0 Å². The van der Waals surface area contributed by atoms with Crippen LogP contribution in [0.5, 0.6) is 0 Å². The summed E-state index contributed by atoms with van der Waals surface area (Å²) in [6.07, 6.45) is 25.5. The van der Waals surface area contributed by atoms with E-state index in [1.54, 1.807) is 6.92 Å². The number of allylic oxidation sites excluding steroid dienone is 1. The normalized spacial score (nSPS) is 13.1. The van der Waals surface area contributed by atoms with Crippen molar-refractivity contribution in [2.75, 3.05) is 13.1 Å². The molecule has 0 aliphatic rings. The van der Waals surface area contributed by atoms with Crippen LogP contribution in [0.1, 0.15) is 143 Å². The monoisotopic (exact) mass is 437 g/mol. The highest BCUT2D eigenvalue weighted by atomic mass is 16.4. The molecule has 1 unspecified atom stereocenters. The summed E-state index contributed by atoms with van der Waals surface area (Å²) in [6.45, 7) is 10.9. The van der Waals surface area contributed by atoms with E-state index in [9.17, 15) is 4.79 Å². The van der Waals surface area contributed by atoms with E-state index in [2.05, 4.69) is 25.7 Å². The predicted octanol–water partition coefficient (Wildman–Crippen LogP) is 8.77. The minimum atomic E-state index is -0.782. The van der Waals surface area contributed by atoms with Gasteiger partial charge in [0.2, 0.25) is 0 Å². The Morgan fingerprint density at radius 2 is 1.16 bits per heavy atom. The van der Waals surface area contributed by atoms with Gasteiger partial charge in [-0.3, -0.25) is 0 Å². The molecule has 0 fully saturated rings. The van der Waals surface area contributed by atoms with Crippen molar-refractivity contribution in [3.05, 3.63) is 11.6 Å². The second kappa shape index (κ2) is 22.4. The molecule has 0 aliphatic heterocycles. The molecule has 184 valence electrons. The van der Waals surface area contributed by atoms with Crippen molar-refractivity contribution in [1.29, 1.82) is 0 Å². The van der Waals surface area contributed by atoms with Crippen molar-refractivity contribution in [2.45, 2.75) is 149 Å². The molecule has 0 saturated carbocycles. The van der Waals surface area contributed by atoms with E-state index in [1.165, 1.54) is 116 Å². The minimum absolute atomic E-state index is 0.488. The number of hydrogen-bond acceptors (Lipinski definition) is 2. The third-order valence-electron chi connectivity index (χ3n) is 6.54. The Hall–Kier alpha value is -0.830. The van der Waals surface area contributed by atoms with E-state index in [-0.39, 0.29) is 0 Å². The molecule has 0 aliphatic carbocycles. The van der Waals surface area contributed by atoms with Crippen molar-refractivity contribution in [1.82, 2.24) is 4.90 Å². The Balaban J connectivity index is 4.35. The average molecular weight is 438 g/mol. The SMILES string of the molecule is CCCCCCCCCCCCCC(CCC=C(C)C(=O)O)N(CCCC)CCCC. The molecular weight excluding hydrogens is 382 g/mol. The van der Waals surface area contributed by atoms with Crippen LogP contribution in [-0.2, 0) is 4.79 Å². The number of carboxylic acids is 1. The second-order valence-corrected chi connectivity index (χ2v) is 9.49. The van der Waals surface area contributed by atoms with Gasteiger partial charge < -0.3 is 10.0 Å². The maximum atomic E-state index is 11.1. The molecule has 0 aromatic rings. The highest BCUT2D eigenvalue weighted by molar-refractivity contribution is 5.85. The zero-order valence-electron chi connectivity index (χ0n) is 21.6. The zero-order valence-corrected chi connectivity index (χ0v) is 21.6. The Morgan fingerprint density at radius 3 is 1.61 bits per heavy atom. The van der Waals surface area contributed by atoms with E-state index in [1.807, 2.05) is 6.08 Å². The molecule has 1 atom stereocenters. The van der Waals surface area contributed by atoms with Gasteiger partial charge >= 0.3 is 5.97 Å². The maximum absolute atomic E-state index is 11.1. The van der Waals surface area contributed by atoms with Gasteiger partial charge in [-0.1, -0.05) is 110 Å². The lowest BCUT2D eigenvalue weighted by Gasteiger charge is -2.32. The summed E-state index contributed by atoms with van der Waals surface area (Å²) in [4.78, 5) is 13.8. The molecule has 1 N–H and O–H groups in total. The van der Waals surface area contributed by atoms with Crippen LogP contribution in [-0.4, -0.2) is 35.1 Å². The van der Waals surface area contributed by atoms with Crippen LogP contribution in [0.25, 0.3) is 0 Å². The van der Waals surface area contributed by atoms with Crippen LogP contribution in [0.4, 0.5) is 0 Å². The van der Waals surface area contributed by atoms with Crippen LogP contribution in [0.3, 0.4) is 0 Å². The summed E-state index contributed by atoms with van der Waals surface area (Å²) in [5.74, 6) is -0.782. The summed E-state index contributed by atoms with van der Waals surface area (Å²) in [7, 11) is 0. The lowest BCUT2D eigenvalue weighted by Crippen LogP contribution is -2.37. The van der Waals surface area contributed by atoms with Gasteiger partial charge in [0.1, 0.15) is 0 Å². The third kappa shape index (κ3) is 18.4. The van der Waals surface area contributed by atoms with Gasteiger partial charge in [-0.15, -0.1) is 0 Å². The third-order valence-corrected chi connectivity index (χ3v) is 6.54. The van der Waals surface area contributed by atoms with Gasteiger partial charge in [0.05, 0.1) is 0 Å². The van der Waals surface area contributed by atoms with Crippen LogP contribution >= 0.6 is 0 Å². The van der Waals surface area contributed by atoms with Crippen molar-refractivity contribution in [2.24, 2.45) is 0 Å². The van der Waals surface area contributed by atoms with Crippen LogP contribution in [0, 0.1) is 0 Å². The summed E-state index contributed by atoms with van der Waals surface area (Å²) < 4.78 is 0. The molecule has 3 nitrogen and oxygen atoms in total. The molecule has 0 radical (unpaired) electrons. The molecule has 0 bridgehead atoms. The molecule has 0 aromatic carbocycles. The smallest absolute Gasteiger partial charge is 0.330 e. The lowest BCUT2D eigenvalue weighted by atomic mass is 9.99. The molecule has 0 aromatic heterocycles. The fourth-order valence-corrected chi connectivity index (χ4v) is 4.33. The number of unbranched alkanes of at least 4 members (excludes halogenated alkanes) is 12. The second-order valence-electron chi connectivity index (χ2n) is 9.49. The molecule has 0 heterocycles. The number of aliphatic carboxylic acids is 1.